The van der Waals surface area contributed by atoms with Crippen LogP contribution in [0.15, 0.2) is 41.5 Å². The summed E-state index contributed by atoms with van der Waals surface area (Å²) in [6.45, 7) is 4.31. The van der Waals surface area contributed by atoms with E-state index in [-0.39, 0.29) is 40.8 Å². The SMILES string of the molecule is C=CC(=O)NC1CCOCC1Nc1cc2cc(C(=O)c3c(F)c(OC)cc(OC)c3F)oc2cn1. The molecule has 2 unspecified atom stereocenters. The zero-order valence-electron chi connectivity index (χ0n) is 19.0. The van der Waals surface area contributed by atoms with Gasteiger partial charge in [-0.25, -0.2) is 13.8 Å². The second-order valence-electron chi connectivity index (χ2n) is 7.76. The maximum absolute atomic E-state index is 14.8. The van der Waals surface area contributed by atoms with Gasteiger partial charge in [-0.1, -0.05) is 6.58 Å². The number of aromatic nitrogens is 1. The molecule has 2 N–H and O–H groups in total. The number of ketones is 1. The number of hydrogen-bond donors (Lipinski definition) is 2. The lowest BCUT2D eigenvalue weighted by Gasteiger charge is -2.32. The third-order valence-corrected chi connectivity index (χ3v) is 5.63. The molecule has 35 heavy (non-hydrogen) atoms. The number of hydrogen-bond acceptors (Lipinski definition) is 8. The number of anilines is 1. The molecule has 1 fully saturated rings. The predicted molar refractivity (Wildman–Crippen MR) is 122 cm³/mol. The van der Waals surface area contributed by atoms with Gasteiger partial charge < -0.3 is 29.3 Å². The van der Waals surface area contributed by atoms with Gasteiger partial charge in [0.15, 0.2) is 34.5 Å². The van der Waals surface area contributed by atoms with Gasteiger partial charge in [0.05, 0.1) is 39.1 Å². The summed E-state index contributed by atoms with van der Waals surface area (Å²) in [6.07, 6.45) is 3.18. The molecule has 1 aromatic carbocycles. The number of pyridine rings is 1. The van der Waals surface area contributed by atoms with Crippen molar-refractivity contribution in [1.82, 2.24) is 10.3 Å². The summed E-state index contributed by atoms with van der Waals surface area (Å²) in [6, 6.07) is 3.53. The van der Waals surface area contributed by atoms with E-state index in [1.54, 1.807) is 6.07 Å². The van der Waals surface area contributed by atoms with Gasteiger partial charge in [0.25, 0.3) is 0 Å². The van der Waals surface area contributed by atoms with E-state index in [0.717, 1.165) is 6.07 Å². The maximum Gasteiger partial charge on any atom is 0.243 e. The van der Waals surface area contributed by atoms with E-state index < -0.39 is 23.0 Å². The van der Waals surface area contributed by atoms with Crippen molar-refractivity contribution in [3.05, 3.63) is 60.0 Å². The Morgan fingerprint density at radius 2 is 1.86 bits per heavy atom. The molecule has 0 saturated carbocycles. The van der Waals surface area contributed by atoms with Crippen LogP contribution >= 0.6 is 0 Å². The largest absolute Gasteiger partial charge is 0.494 e. The molecule has 1 amide bonds. The number of carbonyl (C=O) groups excluding carboxylic acids is 2. The average Bonchev–Trinajstić information content (AvgIpc) is 3.29. The summed E-state index contributed by atoms with van der Waals surface area (Å²) in [5, 5.41) is 6.54. The third-order valence-electron chi connectivity index (χ3n) is 5.63. The van der Waals surface area contributed by atoms with Gasteiger partial charge in [0.2, 0.25) is 11.7 Å². The highest BCUT2D eigenvalue weighted by molar-refractivity contribution is 6.10. The van der Waals surface area contributed by atoms with Crippen LogP contribution in [0.3, 0.4) is 0 Å². The molecule has 0 radical (unpaired) electrons. The highest BCUT2D eigenvalue weighted by Gasteiger charge is 2.29. The lowest BCUT2D eigenvalue weighted by atomic mass is 10.0. The zero-order valence-corrected chi connectivity index (χ0v) is 19.0. The van der Waals surface area contributed by atoms with E-state index >= 15 is 0 Å². The smallest absolute Gasteiger partial charge is 0.243 e. The van der Waals surface area contributed by atoms with Crippen LogP contribution in [0, 0.1) is 11.6 Å². The number of fused-ring (bicyclic) bond motifs is 1. The Labute approximate surface area is 199 Å². The van der Waals surface area contributed by atoms with Crippen molar-refractivity contribution >= 4 is 28.5 Å². The van der Waals surface area contributed by atoms with E-state index in [0.29, 0.717) is 30.8 Å². The molecule has 3 aromatic rings. The molecule has 1 saturated heterocycles. The summed E-state index contributed by atoms with van der Waals surface area (Å²) in [4.78, 5) is 29.0. The standard InChI is InChI=1S/C24H23F2N3O6/c1-4-20(30)29-13-5-6-34-11-14(13)28-19-8-12-7-17(35-18(12)10-27-19)24(31)21-22(25)15(32-2)9-16(33-3)23(21)26/h4,7-10,13-14H,1,5-6,11H2,2-3H3,(H,27,28)(H,29,30). The fourth-order valence-corrected chi connectivity index (χ4v) is 3.83. The van der Waals surface area contributed by atoms with Crippen LogP contribution in [0.5, 0.6) is 11.5 Å². The number of methoxy groups -OCH3 is 2. The lowest BCUT2D eigenvalue weighted by molar-refractivity contribution is -0.117. The molecule has 2 aromatic heterocycles. The fourth-order valence-electron chi connectivity index (χ4n) is 3.83. The Hall–Kier alpha value is -3.99. The van der Waals surface area contributed by atoms with E-state index in [2.05, 4.69) is 22.2 Å². The number of rotatable bonds is 8. The molecule has 0 bridgehead atoms. The van der Waals surface area contributed by atoms with Crippen LogP contribution in [0.1, 0.15) is 22.5 Å². The quantitative estimate of drug-likeness (QED) is 0.368. The molecule has 3 heterocycles. The van der Waals surface area contributed by atoms with Crippen molar-refractivity contribution in [3.8, 4) is 11.5 Å². The molecule has 1 aliphatic rings. The van der Waals surface area contributed by atoms with E-state index in [9.17, 15) is 18.4 Å². The summed E-state index contributed by atoms with van der Waals surface area (Å²) >= 11 is 0. The Bertz CT molecular complexity index is 1260. The number of carbonyl (C=O) groups is 2. The molecule has 11 heteroatoms. The average molecular weight is 487 g/mol. The van der Waals surface area contributed by atoms with E-state index in [4.69, 9.17) is 18.6 Å². The summed E-state index contributed by atoms with van der Waals surface area (Å²) in [5.41, 5.74) is -0.613. The molecular weight excluding hydrogens is 464 g/mol. The van der Waals surface area contributed by atoms with Crippen LogP contribution in [0.2, 0.25) is 0 Å². The predicted octanol–water partition coefficient (Wildman–Crippen LogP) is 3.23. The van der Waals surface area contributed by atoms with Crippen molar-refractivity contribution in [2.24, 2.45) is 0 Å². The van der Waals surface area contributed by atoms with E-state index in [1.807, 2.05) is 0 Å². The van der Waals surface area contributed by atoms with Crippen LogP contribution in [-0.4, -0.2) is 56.2 Å². The number of benzene rings is 1. The van der Waals surface area contributed by atoms with Gasteiger partial charge in [-0.05, 0) is 24.6 Å². The Morgan fingerprint density at radius 1 is 1.14 bits per heavy atom. The van der Waals surface area contributed by atoms with Crippen molar-refractivity contribution in [2.45, 2.75) is 18.5 Å². The Kier molecular flexibility index (Phi) is 6.97. The van der Waals surface area contributed by atoms with Gasteiger partial charge in [0, 0.05) is 18.1 Å². The molecule has 1 aliphatic heterocycles. The van der Waals surface area contributed by atoms with Gasteiger partial charge >= 0.3 is 0 Å². The highest BCUT2D eigenvalue weighted by Crippen LogP contribution is 2.33. The van der Waals surface area contributed by atoms with Crippen molar-refractivity contribution in [1.29, 1.82) is 0 Å². The number of nitrogens with one attached hydrogen (secondary N) is 2. The normalized spacial score (nSPS) is 17.6. The lowest BCUT2D eigenvalue weighted by Crippen LogP contribution is -2.52. The topological polar surface area (TPSA) is 112 Å². The van der Waals surface area contributed by atoms with Crippen molar-refractivity contribution < 1.29 is 37.0 Å². The first-order valence-corrected chi connectivity index (χ1v) is 10.7. The van der Waals surface area contributed by atoms with Crippen molar-refractivity contribution in [3.63, 3.8) is 0 Å². The summed E-state index contributed by atoms with van der Waals surface area (Å²) < 4.78 is 50.4. The third kappa shape index (κ3) is 4.80. The highest BCUT2D eigenvalue weighted by atomic mass is 19.1. The fraction of sp³-hybridized carbons (Fsp3) is 0.292. The number of ether oxygens (including phenoxy) is 3. The van der Waals surface area contributed by atoms with Crippen LogP contribution < -0.4 is 20.1 Å². The maximum atomic E-state index is 14.8. The van der Waals surface area contributed by atoms with Gasteiger partial charge in [-0.3, -0.25) is 9.59 Å². The van der Waals surface area contributed by atoms with Crippen LogP contribution in [-0.2, 0) is 9.53 Å². The molecular formula is C24H23F2N3O6. The number of amides is 1. The minimum Gasteiger partial charge on any atom is -0.494 e. The Balaban J connectivity index is 1.62. The number of furan rings is 1. The molecule has 4 rings (SSSR count). The zero-order chi connectivity index (χ0) is 25.1. The first-order chi connectivity index (χ1) is 16.9. The monoisotopic (exact) mass is 487 g/mol. The first kappa shape index (κ1) is 24.1. The van der Waals surface area contributed by atoms with Crippen LogP contribution in [0.4, 0.5) is 14.6 Å². The number of halogens is 2. The van der Waals surface area contributed by atoms with Gasteiger partial charge in [0.1, 0.15) is 11.4 Å². The second-order valence-corrected chi connectivity index (χ2v) is 7.76. The summed E-state index contributed by atoms with van der Waals surface area (Å²) in [7, 11) is 2.38. The minimum atomic E-state index is -1.17. The minimum absolute atomic E-state index is 0.206. The van der Waals surface area contributed by atoms with Gasteiger partial charge in [-0.15, -0.1) is 0 Å². The van der Waals surface area contributed by atoms with E-state index in [1.165, 1.54) is 32.6 Å². The first-order valence-electron chi connectivity index (χ1n) is 10.7. The molecule has 0 aliphatic carbocycles. The van der Waals surface area contributed by atoms with Gasteiger partial charge in [-0.2, -0.15) is 0 Å². The Morgan fingerprint density at radius 3 is 2.51 bits per heavy atom. The van der Waals surface area contributed by atoms with Crippen molar-refractivity contribution in [2.75, 3.05) is 32.8 Å². The summed E-state index contributed by atoms with van der Waals surface area (Å²) in [5.74, 6) is -4.18. The number of nitrogens with zero attached hydrogens (tertiary/aromatic N) is 1. The molecule has 9 nitrogen and oxygen atoms in total. The molecule has 0 spiro atoms. The molecule has 184 valence electrons. The molecule has 2 atom stereocenters. The van der Waals surface area contributed by atoms with Crippen LogP contribution in [0.25, 0.3) is 11.0 Å². The second kappa shape index (κ2) is 10.1.